The van der Waals surface area contributed by atoms with Crippen molar-refractivity contribution in [3.63, 3.8) is 0 Å². The Bertz CT molecular complexity index is 808. The van der Waals surface area contributed by atoms with E-state index in [4.69, 9.17) is 15.3 Å². The summed E-state index contributed by atoms with van der Waals surface area (Å²) < 4.78 is 5.43. The molecule has 1 aromatic rings. The van der Waals surface area contributed by atoms with Crippen molar-refractivity contribution in [1.29, 1.82) is 0 Å². The van der Waals surface area contributed by atoms with E-state index in [-0.39, 0.29) is 18.1 Å². The molecule has 0 spiro atoms. The molecule has 2 aliphatic heterocycles. The van der Waals surface area contributed by atoms with Gasteiger partial charge in [-0.05, 0) is 32.9 Å². The Kier molecular flexibility index (Phi) is 6.22. The number of carbonyl (C=O) groups is 2. The van der Waals surface area contributed by atoms with E-state index in [0.29, 0.717) is 38.2 Å². The highest BCUT2D eigenvalue weighted by molar-refractivity contribution is 5.89. The molecule has 0 unspecified atom stereocenters. The van der Waals surface area contributed by atoms with Gasteiger partial charge in [-0.2, -0.15) is 0 Å². The lowest BCUT2D eigenvalue weighted by atomic mass is 10.1. The van der Waals surface area contributed by atoms with Crippen LogP contribution in [0.4, 0.5) is 4.79 Å². The first-order valence-corrected chi connectivity index (χ1v) is 9.72. The number of amides is 1. The molecule has 0 atom stereocenters. The first-order valence-electron chi connectivity index (χ1n) is 9.72. The average Bonchev–Trinajstić information content (AvgIpc) is 2.63. The molecule has 0 radical (unpaired) electrons. The molecule has 8 heteroatoms. The summed E-state index contributed by atoms with van der Waals surface area (Å²) in [5.41, 5.74) is 7.64. The van der Waals surface area contributed by atoms with E-state index < -0.39 is 5.60 Å². The number of hydroxylamine groups is 2. The second kappa shape index (κ2) is 8.65. The van der Waals surface area contributed by atoms with Crippen LogP contribution in [0, 0.1) is 0 Å². The molecule has 3 rings (SSSR count). The first-order chi connectivity index (χ1) is 13.7. The normalized spacial score (nSPS) is 18.7. The molecule has 29 heavy (non-hydrogen) atoms. The molecule has 0 saturated carbocycles. The van der Waals surface area contributed by atoms with Crippen molar-refractivity contribution in [2.24, 2.45) is 10.7 Å². The molecule has 0 bridgehead atoms. The van der Waals surface area contributed by atoms with E-state index in [0.717, 1.165) is 11.3 Å². The number of aliphatic imine (C=N–C) groups is 1. The van der Waals surface area contributed by atoms with Crippen LogP contribution in [0.15, 0.2) is 46.6 Å². The minimum atomic E-state index is -0.537. The number of ether oxygens (including phenoxy) is 1. The Hall–Kier alpha value is -2.87. The molecule has 1 aromatic carbocycles. The molecule has 1 saturated heterocycles. The number of benzene rings is 1. The van der Waals surface area contributed by atoms with Gasteiger partial charge in [-0.15, -0.1) is 5.06 Å². The fraction of sp³-hybridized carbons (Fsp3) is 0.476. The fourth-order valence-electron chi connectivity index (χ4n) is 2.93. The molecule has 1 amide bonds. The van der Waals surface area contributed by atoms with Gasteiger partial charge in [-0.25, -0.2) is 9.59 Å². The number of hydrogen-bond donors (Lipinski definition) is 1. The number of rotatable bonds is 4. The van der Waals surface area contributed by atoms with E-state index in [1.54, 1.807) is 40.4 Å². The Balaban J connectivity index is 1.48. The maximum absolute atomic E-state index is 12.3. The lowest BCUT2D eigenvalue weighted by molar-refractivity contribution is -0.155. The SMILES string of the molecule is CC(C)(C)OC(=O)N1CCC(N)=C(C=NC2CN(OC(=O)c3ccccc3)C2)C1. The number of nitrogens with two attached hydrogens (primary N) is 1. The van der Waals surface area contributed by atoms with E-state index in [9.17, 15) is 9.59 Å². The molecule has 0 aromatic heterocycles. The van der Waals surface area contributed by atoms with Crippen LogP contribution in [-0.2, 0) is 9.57 Å². The predicted octanol–water partition coefficient (Wildman–Crippen LogP) is 2.37. The second-order valence-electron chi connectivity index (χ2n) is 8.23. The average molecular weight is 400 g/mol. The zero-order valence-corrected chi connectivity index (χ0v) is 17.1. The van der Waals surface area contributed by atoms with Gasteiger partial charge in [0.05, 0.1) is 31.2 Å². The Morgan fingerprint density at radius 1 is 1.21 bits per heavy atom. The summed E-state index contributed by atoms with van der Waals surface area (Å²) in [7, 11) is 0. The molecular formula is C21H28N4O4. The number of nitrogens with zero attached hydrogens (tertiary/aromatic N) is 3. The van der Waals surface area contributed by atoms with Crippen LogP contribution in [0.5, 0.6) is 0 Å². The second-order valence-corrected chi connectivity index (χ2v) is 8.23. The lowest BCUT2D eigenvalue weighted by Crippen LogP contribution is -2.50. The maximum Gasteiger partial charge on any atom is 0.410 e. The van der Waals surface area contributed by atoms with Gasteiger partial charge in [0.2, 0.25) is 0 Å². The summed E-state index contributed by atoms with van der Waals surface area (Å²) in [5.74, 6) is -0.375. The minimum Gasteiger partial charge on any atom is -0.444 e. The summed E-state index contributed by atoms with van der Waals surface area (Å²) in [4.78, 5) is 35.8. The lowest BCUT2D eigenvalue weighted by Gasteiger charge is -2.35. The van der Waals surface area contributed by atoms with Crippen LogP contribution in [-0.4, -0.2) is 66.1 Å². The Labute approximate surface area is 170 Å². The molecule has 2 N–H and O–H groups in total. The molecule has 1 fully saturated rings. The topological polar surface area (TPSA) is 97.5 Å². The van der Waals surface area contributed by atoms with E-state index in [2.05, 4.69) is 4.99 Å². The van der Waals surface area contributed by atoms with Crippen molar-refractivity contribution in [3.8, 4) is 0 Å². The molecule has 156 valence electrons. The Morgan fingerprint density at radius 2 is 1.90 bits per heavy atom. The zero-order chi connectivity index (χ0) is 21.0. The van der Waals surface area contributed by atoms with Crippen LogP contribution < -0.4 is 5.73 Å². The number of carbonyl (C=O) groups excluding carboxylic acids is 2. The highest BCUT2D eigenvalue weighted by atomic mass is 16.7. The quantitative estimate of drug-likeness (QED) is 0.780. The van der Waals surface area contributed by atoms with Crippen molar-refractivity contribution in [3.05, 3.63) is 47.2 Å². The van der Waals surface area contributed by atoms with Crippen LogP contribution >= 0.6 is 0 Å². The third-order valence-corrected chi connectivity index (χ3v) is 4.57. The summed E-state index contributed by atoms with van der Waals surface area (Å²) in [5, 5.41) is 1.59. The van der Waals surface area contributed by atoms with Gasteiger partial charge >= 0.3 is 12.1 Å². The van der Waals surface area contributed by atoms with Crippen molar-refractivity contribution in [1.82, 2.24) is 9.96 Å². The summed E-state index contributed by atoms with van der Waals surface area (Å²) in [6, 6.07) is 8.89. The highest BCUT2D eigenvalue weighted by Crippen LogP contribution is 2.18. The van der Waals surface area contributed by atoms with Crippen molar-refractivity contribution in [2.75, 3.05) is 26.2 Å². The monoisotopic (exact) mass is 400 g/mol. The minimum absolute atomic E-state index is 0.0239. The van der Waals surface area contributed by atoms with E-state index in [1.807, 2.05) is 26.8 Å². The summed E-state index contributed by atoms with van der Waals surface area (Å²) >= 11 is 0. The van der Waals surface area contributed by atoms with Gasteiger partial charge in [-0.3, -0.25) is 4.99 Å². The molecule has 0 aliphatic carbocycles. The fourth-order valence-corrected chi connectivity index (χ4v) is 2.93. The van der Waals surface area contributed by atoms with E-state index >= 15 is 0 Å². The van der Waals surface area contributed by atoms with Crippen LogP contribution in [0.2, 0.25) is 0 Å². The molecule has 2 heterocycles. The first kappa shape index (κ1) is 20.9. The summed E-state index contributed by atoms with van der Waals surface area (Å²) in [6.45, 7) is 7.49. The van der Waals surface area contributed by atoms with Crippen LogP contribution in [0.1, 0.15) is 37.6 Å². The number of hydrogen-bond acceptors (Lipinski definition) is 7. The maximum atomic E-state index is 12.3. The summed E-state index contributed by atoms with van der Waals surface area (Å²) in [6.07, 6.45) is 1.97. The van der Waals surface area contributed by atoms with Gasteiger partial charge < -0.3 is 20.2 Å². The van der Waals surface area contributed by atoms with Crippen molar-refractivity contribution >= 4 is 18.3 Å². The van der Waals surface area contributed by atoms with Crippen LogP contribution in [0.3, 0.4) is 0 Å². The van der Waals surface area contributed by atoms with Gasteiger partial charge in [0.1, 0.15) is 5.60 Å². The van der Waals surface area contributed by atoms with Crippen LogP contribution in [0.25, 0.3) is 0 Å². The molecule has 2 aliphatic rings. The highest BCUT2D eigenvalue weighted by Gasteiger charge is 2.30. The Morgan fingerprint density at radius 3 is 2.55 bits per heavy atom. The van der Waals surface area contributed by atoms with Crippen molar-refractivity contribution < 1.29 is 19.2 Å². The predicted molar refractivity (Wildman–Crippen MR) is 109 cm³/mol. The molecular weight excluding hydrogens is 372 g/mol. The largest absolute Gasteiger partial charge is 0.444 e. The third kappa shape index (κ3) is 5.80. The van der Waals surface area contributed by atoms with Gasteiger partial charge in [-0.1, -0.05) is 18.2 Å². The van der Waals surface area contributed by atoms with Crippen molar-refractivity contribution in [2.45, 2.75) is 38.8 Å². The standard InChI is InChI=1S/C21H28N4O4/c1-21(2,3)28-20(27)24-10-9-18(22)16(12-24)11-23-17-13-25(14-17)29-19(26)15-7-5-4-6-8-15/h4-8,11,17H,9-10,12-14,22H2,1-3H3. The third-order valence-electron chi connectivity index (χ3n) is 4.57. The molecule has 8 nitrogen and oxygen atoms in total. The van der Waals surface area contributed by atoms with Gasteiger partial charge in [0, 0.05) is 30.5 Å². The van der Waals surface area contributed by atoms with E-state index in [1.165, 1.54) is 0 Å². The zero-order valence-electron chi connectivity index (χ0n) is 17.1. The smallest absolute Gasteiger partial charge is 0.410 e. The van der Waals surface area contributed by atoms with Gasteiger partial charge in [0.15, 0.2) is 0 Å². The van der Waals surface area contributed by atoms with Gasteiger partial charge in [0.25, 0.3) is 0 Å².